The van der Waals surface area contributed by atoms with Gasteiger partial charge in [0.1, 0.15) is 0 Å². The van der Waals surface area contributed by atoms with E-state index in [2.05, 4.69) is 115 Å². The van der Waals surface area contributed by atoms with Crippen molar-refractivity contribution in [1.29, 1.82) is 0 Å². The Morgan fingerprint density at radius 3 is 1.89 bits per heavy atom. The van der Waals surface area contributed by atoms with E-state index in [0.29, 0.717) is 5.41 Å². The topological polar surface area (TPSA) is 0 Å². The van der Waals surface area contributed by atoms with Crippen LogP contribution in [0.4, 0.5) is 0 Å². The van der Waals surface area contributed by atoms with Crippen LogP contribution in [0, 0.1) is 64.4 Å². The van der Waals surface area contributed by atoms with Crippen molar-refractivity contribution in [1.82, 2.24) is 0 Å². The van der Waals surface area contributed by atoms with E-state index in [1.807, 2.05) is 6.07 Å². The van der Waals surface area contributed by atoms with Crippen molar-refractivity contribution in [3.63, 3.8) is 0 Å². The monoisotopic (exact) mass is 712 g/mol. The summed E-state index contributed by atoms with van der Waals surface area (Å²) >= 11 is 1.51. The van der Waals surface area contributed by atoms with Crippen LogP contribution in [0.2, 0.25) is 0 Å². The van der Waals surface area contributed by atoms with E-state index in [1.54, 1.807) is 12.0 Å². The Morgan fingerprint density at radius 1 is 0.778 bits per heavy atom. The summed E-state index contributed by atoms with van der Waals surface area (Å²) in [5.74, 6) is 4.14. The summed E-state index contributed by atoms with van der Waals surface area (Å²) in [4.78, 5) is 0. The van der Waals surface area contributed by atoms with Crippen LogP contribution in [0.1, 0.15) is 96.0 Å². The zero-order chi connectivity index (χ0) is 30.5. The Kier molecular flexibility index (Phi) is 11.8. The molecule has 4 aromatic carbocycles. The van der Waals surface area contributed by atoms with Gasteiger partial charge in [0.15, 0.2) is 0 Å². The van der Waals surface area contributed by atoms with Crippen LogP contribution in [0.15, 0.2) is 66.7 Å². The van der Waals surface area contributed by atoms with Gasteiger partial charge in [0.05, 0.1) is 0 Å². The fraction of sp³-hybridized carbons (Fsp3) is 0.429. The van der Waals surface area contributed by atoms with Crippen LogP contribution in [-0.2, 0) is 36.1 Å². The molecule has 0 heterocycles. The third kappa shape index (κ3) is 7.27. The summed E-state index contributed by atoms with van der Waals surface area (Å²) in [6, 6.07) is 28.2. The summed E-state index contributed by atoms with van der Waals surface area (Å²) in [5, 5.41) is 0. The minimum atomic E-state index is 0. The molecule has 0 atom stereocenters. The van der Waals surface area contributed by atoms with E-state index in [4.69, 9.17) is 0 Å². The van der Waals surface area contributed by atoms with Gasteiger partial charge in [-0.3, -0.25) is 0 Å². The van der Waals surface area contributed by atoms with Gasteiger partial charge in [-0.05, 0) is 92.7 Å². The van der Waals surface area contributed by atoms with E-state index in [9.17, 15) is 0 Å². The molecule has 236 valence electrons. The fourth-order valence-corrected chi connectivity index (χ4v) is 9.28. The molecule has 3 heteroatoms. The molecule has 9 rings (SSSR count). The molecule has 0 aliphatic heterocycles. The molecule has 0 saturated heterocycles. The molecular weight excluding hydrogens is 667 g/mol. The van der Waals surface area contributed by atoms with Gasteiger partial charge in [-0.2, -0.15) is 46.5 Å². The van der Waals surface area contributed by atoms with Crippen LogP contribution in [0.3, 0.4) is 0 Å². The van der Waals surface area contributed by atoms with E-state index >= 15 is 0 Å². The molecule has 5 aliphatic carbocycles. The first-order valence-corrected chi connectivity index (χ1v) is 17.7. The minimum Gasteiger partial charge on any atom is -1.00 e. The molecule has 4 saturated carbocycles. The van der Waals surface area contributed by atoms with Crippen molar-refractivity contribution >= 4 is 3.21 Å². The van der Waals surface area contributed by atoms with Gasteiger partial charge < -0.3 is 24.8 Å². The predicted molar refractivity (Wildman–Crippen MR) is 180 cm³/mol. The number of fused-ring (bicyclic) bond motifs is 3. The number of halogens is 2. The van der Waals surface area contributed by atoms with Crippen molar-refractivity contribution in [2.24, 2.45) is 23.7 Å². The SMILES string of the molecule is C[C](=[Zr+2])c1ccccc1.Cc1[c-]c2c(cc1C)-c1cc(C)c(C)cc1C2.Cc1cc(C2(C)C3CC4CC(C3)CC2C4)c[cH-]1.[Cl-].[Cl-]. The van der Waals surface area contributed by atoms with E-state index < -0.39 is 0 Å². The molecule has 0 unspecified atom stereocenters. The second-order valence-electron chi connectivity index (χ2n) is 14.5. The normalized spacial score (nSPS) is 24.6. The van der Waals surface area contributed by atoms with Crippen LogP contribution in [0.5, 0.6) is 0 Å². The molecule has 0 amide bonds. The maximum absolute atomic E-state index is 3.54. The quantitative estimate of drug-likeness (QED) is 0.237. The molecule has 4 aromatic rings. The third-order valence-electron chi connectivity index (χ3n) is 11.6. The second kappa shape index (κ2) is 14.6. The van der Waals surface area contributed by atoms with Gasteiger partial charge in [-0.25, -0.2) is 6.07 Å². The van der Waals surface area contributed by atoms with Crippen LogP contribution in [0.25, 0.3) is 11.1 Å². The molecule has 4 bridgehead atoms. The smallest absolute Gasteiger partial charge is 0.0253 e. The van der Waals surface area contributed by atoms with Crippen LogP contribution >= 0.6 is 0 Å². The Morgan fingerprint density at radius 2 is 1.36 bits per heavy atom. The zero-order valence-corrected chi connectivity index (χ0v) is 32.1. The summed E-state index contributed by atoms with van der Waals surface area (Å²) < 4.78 is 1.46. The first kappa shape index (κ1) is 36.2. The summed E-state index contributed by atoms with van der Waals surface area (Å²) in [6.07, 6.45) is 8.69. The summed E-state index contributed by atoms with van der Waals surface area (Å²) in [6.45, 7) is 15.7. The van der Waals surface area contributed by atoms with Gasteiger partial charge in [-0.1, -0.05) is 50.8 Å². The van der Waals surface area contributed by atoms with Crippen molar-refractivity contribution in [2.45, 2.75) is 92.4 Å². The largest absolute Gasteiger partial charge is 1.00 e. The third-order valence-corrected chi connectivity index (χ3v) is 12.3. The Balaban J connectivity index is 0.000000158. The number of rotatable bonds is 2. The number of hydrogen-bond donors (Lipinski definition) is 0. The van der Waals surface area contributed by atoms with E-state index in [-0.39, 0.29) is 24.8 Å². The van der Waals surface area contributed by atoms with Crippen LogP contribution < -0.4 is 24.8 Å². The molecule has 0 radical (unpaired) electrons. The Hall–Kier alpha value is -1.66. The number of aryl methyl sites for hydroxylation is 5. The number of benzene rings is 3. The maximum Gasteiger partial charge on any atom is -0.0253 e. The van der Waals surface area contributed by atoms with Gasteiger partial charge in [0, 0.05) is 0 Å². The fourth-order valence-electron chi connectivity index (χ4n) is 8.87. The van der Waals surface area contributed by atoms with Gasteiger partial charge in [0.2, 0.25) is 0 Å². The minimum absolute atomic E-state index is 0. The van der Waals surface area contributed by atoms with Crippen molar-refractivity contribution in [3.05, 3.63) is 123 Å². The van der Waals surface area contributed by atoms with Crippen molar-refractivity contribution in [3.8, 4) is 11.1 Å². The molecule has 0 spiro atoms. The van der Waals surface area contributed by atoms with Crippen molar-refractivity contribution < 1.29 is 49.0 Å². The van der Waals surface area contributed by atoms with Gasteiger partial charge in [-0.15, -0.1) is 11.1 Å². The second-order valence-corrected chi connectivity index (χ2v) is 16.3. The average Bonchev–Trinajstić information content (AvgIpc) is 3.56. The number of hydrogen-bond acceptors (Lipinski definition) is 0. The predicted octanol–water partition coefficient (Wildman–Crippen LogP) is 4.50. The molecule has 0 nitrogen and oxygen atoms in total. The summed E-state index contributed by atoms with van der Waals surface area (Å²) in [5.41, 5.74) is 16.0. The van der Waals surface area contributed by atoms with E-state index in [0.717, 1.165) is 30.1 Å². The standard InChI is InChI=1S/C17H23.C17H17.C8H8.2ClH.Zr/c1-11-3-4-14(5-11)17(2)15-7-12-6-13(9-15)10-16(17)8-12;1-10-5-14-9-15-6-11(2)13(4)8-17(15)16(14)7-12(10)3;1-2-8-6-4-3-5-7-8;;;/h3-5,12-13,15-16H,6-10H2,1-2H3;5,7-8H,9H2,1-4H3;3-7H,1H3;2*1H;/q2*-1;;;;+2/p-2. The maximum atomic E-state index is 3.54. The average molecular weight is 715 g/mol. The molecule has 4 fully saturated rings. The van der Waals surface area contributed by atoms with Gasteiger partial charge >= 0.3 is 70.3 Å². The van der Waals surface area contributed by atoms with Crippen molar-refractivity contribution in [2.75, 3.05) is 0 Å². The molecule has 0 N–H and O–H groups in total. The molecular formula is C42H48Cl2Zr-2. The Bertz CT molecular complexity index is 1560. The molecule has 45 heavy (non-hydrogen) atoms. The summed E-state index contributed by atoms with van der Waals surface area (Å²) in [7, 11) is 0. The Labute approximate surface area is 300 Å². The molecule has 5 aliphatic rings. The van der Waals surface area contributed by atoms with Gasteiger partial charge in [0.25, 0.3) is 0 Å². The van der Waals surface area contributed by atoms with E-state index in [1.165, 1.54) is 109 Å². The van der Waals surface area contributed by atoms with Crippen LogP contribution in [-0.4, -0.2) is 3.21 Å². The zero-order valence-electron chi connectivity index (χ0n) is 28.2. The first-order chi connectivity index (χ1) is 20.5. The molecule has 0 aromatic heterocycles. The first-order valence-electron chi connectivity index (χ1n) is 16.5.